The van der Waals surface area contributed by atoms with Crippen LogP contribution in [0.15, 0.2) is 36.2 Å². The van der Waals surface area contributed by atoms with E-state index in [1.165, 1.54) is 12.1 Å². The molecule has 1 unspecified atom stereocenters. The molecule has 0 aliphatic rings. The van der Waals surface area contributed by atoms with Crippen LogP contribution < -0.4 is 0 Å². The monoisotopic (exact) mass is 276 g/mol. The number of alkyl halides is 3. The highest BCUT2D eigenvalue weighted by molar-refractivity contribution is 5.84. The normalized spacial score (nSPS) is 14.3. The van der Waals surface area contributed by atoms with E-state index in [1.807, 2.05) is 0 Å². The molecule has 0 spiro atoms. The first-order valence-corrected chi connectivity index (χ1v) is 5.53. The van der Waals surface area contributed by atoms with Crippen molar-refractivity contribution in [2.45, 2.75) is 25.4 Å². The number of aliphatic carboxylic acids is 1. The van der Waals surface area contributed by atoms with Gasteiger partial charge in [0.2, 0.25) is 5.83 Å². The second-order valence-electron chi connectivity index (χ2n) is 3.96. The molecule has 1 aromatic rings. The highest BCUT2D eigenvalue weighted by atomic mass is 19.4. The number of carbonyl (C=O) groups is 1. The Kier molecular flexibility index (Phi) is 4.69. The van der Waals surface area contributed by atoms with Crippen molar-refractivity contribution in [2.75, 3.05) is 0 Å². The van der Waals surface area contributed by atoms with Crippen LogP contribution in [0.2, 0.25) is 0 Å². The van der Waals surface area contributed by atoms with Crippen LogP contribution in [0.4, 0.5) is 17.6 Å². The molecule has 0 fully saturated rings. The maximum atomic E-state index is 13.0. The molecule has 0 aliphatic carbocycles. The molecule has 0 amide bonds. The number of carboxylic acids is 1. The lowest BCUT2D eigenvalue weighted by Crippen LogP contribution is -2.06. The summed E-state index contributed by atoms with van der Waals surface area (Å²) in [6.45, 7) is 1.64. The summed E-state index contributed by atoms with van der Waals surface area (Å²) in [6, 6.07) is 4.44. The van der Waals surface area contributed by atoms with E-state index in [2.05, 4.69) is 0 Å². The van der Waals surface area contributed by atoms with Crippen LogP contribution in [0.3, 0.4) is 0 Å². The number of hydrogen-bond acceptors (Lipinski definition) is 1. The van der Waals surface area contributed by atoms with Crippen LogP contribution in [0.5, 0.6) is 0 Å². The first kappa shape index (κ1) is 15.2. The summed E-state index contributed by atoms with van der Waals surface area (Å²) >= 11 is 0. The Hall–Kier alpha value is -1.85. The number of allylic oxidation sites excluding steroid dienone is 1. The van der Waals surface area contributed by atoms with Crippen molar-refractivity contribution in [3.8, 4) is 0 Å². The van der Waals surface area contributed by atoms with Gasteiger partial charge in [0.1, 0.15) is 0 Å². The van der Waals surface area contributed by atoms with E-state index in [0.717, 1.165) is 18.2 Å². The molecule has 104 valence electrons. The van der Waals surface area contributed by atoms with Crippen LogP contribution in [0, 0.1) is 0 Å². The minimum atomic E-state index is -4.48. The Morgan fingerprint density at radius 3 is 2.53 bits per heavy atom. The Morgan fingerprint density at radius 1 is 1.42 bits per heavy atom. The third-order valence-electron chi connectivity index (χ3n) is 2.63. The smallest absolute Gasteiger partial charge is 0.416 e. The second-order valence-corrected chi connectivity index (χ2v) is 3.96. The second kappa shape index (κ2) is 5.86. The molecule has 0 radical (unpaired) electrons. The number of benzene rings is 1. The van der Waals surface area contributed by atoms with Crippen molar-refractivity contribution in [3.05, 3.63) is 47.3 Å². The molecular weight excluding hydrogens is 264 g/mol. The Labute approximate surface area is 107 Å². The van der Waals surface area contributed by atoms with E-state index >= 15 is 0 Å². The summed E-state index contributed by atoms with van der Waals surface area (Å²) < 4.78 is 50.6. The van der Waals surface area contributed by atoms with Crippen molar-refractivity contribution in [1.82, 2.24) is 0 Å². The van der Waals surface area contributed by atoms with E-state index < -0.39 is 29.5 Å². The van der Waals surface area contributed by atoms with E-state index in [4.69, 9.17) is 5.11 Å². The number of carboxylic acid groups (broad SMARTS) is 1. The van der Waals surface area contributed by atoms with Crippen LogP contribution in [0.25, 0.3) is 0 Å². The molecule has 1 aromatic carbocycles. The van der Waals surface area contributed by atoms with Crippen LogP contribution >= 0.6 is 0 Å². The van der Waals surface area contributed by atoms with Gasteiger partial charge in [0.25, 0.3) is 0 Å². The molecule has 0 bridgehead atoms. The van der Waals surface area contributed by atoms with Crippen molar-refractivity contribution in [2.24, 2.45) is 0 Å². The maximum absolute atomic E-state index is 13.0. The van der Waals surface area contributed by atoms with Gasteiger partial charge >= 0.3 is 12.1 Å². The quantitative estimate of drug-likeness (QED) is 0.663. The van der Waals surface area contributed by atoms with E-state index in [0.29, 0.717) is 6.42 Å². The maximum Gasteiger partial charge on any atom is 0.416 e. The fraction of sp³-hybridized carbons (Fsp3) is 0.308. The molecule has 1 rings (SSSR count). The highest BCUT2D eigenvalue weighted by Gasteiger charge is 2.30. The molecule has 0 aromatic heterocycles. The zero-order valence-corrected chi connectivity index (χ0v) is 10.0. The fourth-order valence-electron chi connectivity index (χ4n) is 1.64. The molecular formula is C13H12F4O2. The zero-order chi connectivity index (χ0) is 14.6. The van der Waals surface area contributed by atoms with Gasteiger partial charge in [-0.15, -0.1) is 0 Å². The van der Waals surface area contributed by atoms with Crippen molar-refractivity contribution >= 4 is 5.97 Å². The summed E-state index contributed by atoms with van der Waals surface area (Å²) in [5.74, 6) is -3.81. The van der Waals surface area contributed by atoms with Gasteiger partial charge in [-0.25, -0.2) is 4.79 Å². The summed E-state index contributed by atoms with van der Waals surface area (Å²) in [7, 11) is 0. The molecule has 1 N–H and O–H groups in total. The van der Waals surface area contributed by atoms with E-state index in [9.17, 15) is 22.4 Å². The average Bonchev–Trinajstić information content (AvgIpc) is 2.34. The van der Waals surface area contributed by atoms with Gasteiger partial charge in [-0.2, -0.15) is 17.6 Å². The first-order valence-electron chi connectivity index (χ1n) is 5.53. The van der Waals surface area contributed by atoms with Crippen LogP contribution in [-0.2, 0) is 11.0 Å². The molecule has 0 aliphatic heterocycles. The van der Waals surface area contributed by atoms with Crippen molar-refractivity contribution < 1.29 is 27.5 Å². The van der Waals surface area contributed by atoms with Crippen LogP contribution in [0.1, 0.15) is 30.4 Å². The van der Waals surface area contributed by atoms with Gasteiger partial charge in [-0.05, 0) is 24.1 Å². The predicted molar refractivity (Wildman–Crippen MR) is 61.3 cm³/mol. The SMILES string of the molecule is CCC(C=C(F)C(=O)O)c1cccc(C(F)(F)F)c1. The first-order chi connectivity index (χ1) is 8.75. The van der Waals surface area contributed by atoms with E-state index in [-0.39, 0.29) is 5.56 Å². The lowest BCUT2D eigenvalue weighted by atomic mass is 9.94. The molecule has 0 heterocycles. The summed E-state index contributed by atoms with van der Waals surface area (Å²) in [4.78, 5) is 10.4. The van der Waals surface area contributed by atoms with Gasteiger partial charge < -0.3 is 5.11 Å². The van der Waals surface area contributed by atoms with E-state index in [1.54, 1.807) is 6.92 Å². The molecule has 0 saturated heterocycles. The summed E-state index contributed by atoms with van der Waals surface area (Å²) in [6.07, 6.45) is -3.37. The van der Waals surface area contributed by atoms with Crippen molar-refractivity contribution in [1.29, 1.82) is 0 Å². The predicted octanol–water partition coefficient (Wildman–Crippen LogP) is 4.14. The van der Waals surface area contributed by atoms with Gasteiger partial charge in [-0.1, -0.05) is 25.1 Å². The standard InChI is InChI=1S/C13H12F4O2/c1-2-8(7-11(14)12(18)19)9-4-3-5-10(6-9)13(15,16)17/h3-8H,2H2,1H3,(H,18,19). The Morgan fingerprint density at radius 2 is 2.05 bits per heavy atom. The van der Waals surface area contributed by atoms with Crippen molar-refractivity contribution in [3.63, 3.8) is 0 Å². The Balaban J connectivity index is 3.13. The van der Waals surface area contributed by atoms with Gasteiger partial charge in [-0.3, -0.25) is 0 Å². The topological polar surface area (TPSA) is 37.3 Å². The third kappa shape index (κ3) is 4.08. The minimum absolute atomic E-state index is 0.230. The third-order valence-corrected chi connectivity index (χ3v) is 2.63. The largest absolute Gasteiger partial charge is 0.476 e. The Bertz CT molecular complexity index is 492. The van der Waals surface area contributed by atoms with Gasteiger partial charge in [0.05, 0.1) is 5.56 Å². The minimum Gasteiger partial charge on any atom is -0.476 e. The number of hydrogen-bond donors (Lipinski definition) is 1. The molecule has 2 nitrogen and oxygen atoms in total. The van der Waals surface area contributed by atoms with Gasteiger partial charge in [0, 0.05) is 5.92 Å². The highest BCUT2D eigenvalue weighted by Crippen LogP contribution is 2.32. The molecule has 0 saturated carbocycles. The average molecular weight is 276 g/mol. The molecule has 19 heavy (non-hydrogen) atoms. The zero-order valence-electron chi connectivity index (χ0n) is 10.0. The van der Waals surface area contributed by atoms with Gasteiger partial charge in [0.15, 0.2) is 0 Å². The van der Waals surface area contributed by atoms with Crippen LogP contribution in [-0.4, -0.2) is 11.1 Å². The fourth-order valence-corrected chi connectivity index (χ4v) is 1.64. The molecule has 1 atom stereocenters. The number of halogens is 4. The lowest BCUT2D eigenvalue weighted by Gasteiger charge is -2.13. The number of rotatable bonds is 4. The summed E-state index contributed by atoms with van der Waals surface area (Å²) in [5, 5.41) is 8.43. The lowest BCUT2D eigenvalue weighted by molar-refractivity contribution is -0.137. The molecule has 6 heteroatoms. The summed E-state index contributed by atoms with van der Waals surface area (Å²) in [5.41, 5.74) is -0.610.